The fraction of sp³-hybridized carbons (Fsp3) is 0.889. The lowest BCUT2D eigenvalue weighted by atomic mass is 10.2. The smallest absolute Gasteiger partial charge is 0.206 e. The molecule has 14 heavy (non-hydrogen) atoms. The van der Waals surface area contributed by atoms with Crippen LogP contribution in [0.5, 0.6) is 0 Å². The number of nitrogens with zero attached hydrogens (tertiary/aromatic N) is 1. The van der Waals surface area contributed by atoms with Crippen molar-refractivity contribution in [1.29, 1.82) is 0 Å². The third-order valence-corrected chi connectivity index (χ3v) is 1.65. The second kappa shape index (κ2) is 7.58. The van der Waals surface area contributed by atoms with E-state index in [-0.39, 0.29) is 6.04 Å². The van der Waals surface area contributed by atoms with Gasteiger partial charge in [0, 0.05) is 19.8 Å². The van der Waals surface area contributed by atoms with Crippen molar-refractivity contribution >= 4 is 5.96 Å². The quantitative estimate of drug-likeness (QED) is 0.258. The second-order valence-corrected chi connectivity index (χ2v) is 3.55. The molecule has 0 rings (SSSR count). The maximum atomic E-state index is 5.32. The van der Waals surface area contributed by atoms with Crippen LogP contribution in [-0.2, 0) is 4.74 Å². The standard InChI is InChI=1S/C9H22N4O/c1-7(2)11-9(13-10)12-8(3)5-6-14-4/h7-8H,5-6,10H2,1-4H3,(H2,11,12,13). The van der Waals surface area contributed by atoms with Gasteiger partial charge in [0.2, 0.25) is 5.96 Å². The van der Waals surface area contributed by atoms with Crippen LogP contribution in [0.3, 0.4) is 0 Å². The normalized spacial score (nSPS) is 14.3. The molecular formula is C9H22N4O. The number of methoxy groups -OCH3 is 1. The minimum atomic E-state index is 0.201. The topological polar surface area (TPSA) is 71.7 Å². The maximum Gasteiger partial charge on any atom is 0.206 e. The van der Waals surface area contributed by atoms with Gasteiger partial charge in [-0.1, -0.05) is 0 Å². The Morgan fingerprint density at radius 2 is 2.07 bits per heavy atom. The first-order valence-corrected chi connectivity index (χ1v) is 4.90. The van der Waals surface area contributed by atoms with Gasteiger partial charge in [-0.2, -0.15) is 0 Å². The van der Waals surface area contributed by atoms with E-state index in [1.807, 2.05) is 20.8 Å². The van der Waals surface area contributed by atoms with Crippen molar-refractivity contribution in [2.45, 2.75) is 39.3 Å². The fourth-order valence-corrected chi connectivity index (χ4v) is 0.963. The first-order chi connectivity index (χ1) is 6.60. The molecule has 0 bridgehead atoms. The van der Waals surface area contributed by atoms with Crippen LogP contribution >= 0.6 is 0 Å². The van der Waals surface area contributed by atoms with Crippen LogP contribution in [0, 0.1) is 0 Å². The Balaban J connectivity index is 3.99. The van der Waals surface area contributed by atoms with E-state index in [1.165, 1.54) is 0 Å². The van der Waals surface area contributed by atoms with Gasteiger partial charge in [0.05, 0.1) is 6.04 Å². The second-order valence-electron chi connectivity index (χ2n) is 3.55. The summed E-state index contributed by atoms with van der Waals surface area (Å²) in [6.45, 7) is 6.81. The molecule has 0 saturated carbocycles. The van der Waals surface area contributed by atoms with E-state index in [0.717, 1.165) is 6.42 Å². The predicted octanol–water partition coefficient (Wildman–Crippen LogP) is 0.229. The van der Waals surface area contributed by atoms with Crippen molar-refractivity contribution in [1.82, 2.24) is 10.7 Å². The molecule has 0 amide bonds. The van der Waals surface area contributed by atoms with Gasteiger partial charge in [-0.25, -0.2) is 10.8 Å². The average molecular weight is 202 g/mol. The molecule has 0 aromatic carbocycles. The van der Waals surface area contributed by atoms with Crippen LogP contribution in [0.15, 0.2) is 4.99 Å². The van der Waals surface area contributed by atoms with Gasteiger partial charge in [-0.3, -0.25) is 5.43 Å². The lowest BCUT2D eigenvalue weighted by Crippen LogP contribution is -2.45. The number of hydrogen-bond acceptors (Lipinski definition) is 3. The van der Waals surface area contributed by atoms with Crippen molar-refractivity contribution in [3.05, 3.63) is 0 Å². The summed E-state index contributed by atoms with van der Waals surface area (Å²) in [5, 5.41) is 3.11. The Morgan fingerprint density at radius 1 is 1.43 bits per heavy atom. The van der Waals surface area contributed by atoms with Crippen molar-refractivity contribution in [3.8, 4) is 0 Å². The highest BCUT2D eigenvalue weighted by Gasteiger charge is 2.03. The van der Waals surface area contributed by atoms with Gasteiger partial charge >= 0.3 is 0 Å². The molecule has 4 N–H and O–H groups in total. The first-order valence-electron chi connectivity index (χ1n) is 4.90. The van der Waals surface area contributed by atoms with E-state index in [2.05, 4.69) is 15.7 Å². The molecule has 84 valence electrons. The monoisotopic (exact) mass is 202 g/mol. The van der Waals surface area contributed by atoms with Crippen LogP contribution in [0.1, 0.15) is 27.2 Å². The summed E-state index contributed by atoms with van der Waals surface area (Å²) in [5.74, 6) is 5.95. The van der Waals surface area contributed by atoms with Crippen molar-refractivity contribution < 1.29 is 4.74 Å². The fourth-order valence-electron chi connectivity index (χ4n) is 0.963. The molecule has 0 aromatic rings. The van der Waals surface area contributed by atoms with E-state index in [0.29, 0.717) is 18.6 Å². The average Bonchev–Trinajstić information content (AvgIpc) is 2.12. The number of guanidine groups is 1. The summed E-state index contributed by atoms with van der Waals surface area (Å²) in [4.78, 5) is 4.36. The molecule has 0 aromatic heterocycles. The highest BCUT2D eigenvalue weighted by atomic mass is 16.5. The summed E-state index contributed by atoms with van der Waals surface area (Å²) in [5.41, 5.74) is 2.54. The Labute approximate surface area is 86.1 Å². The van der Waals surface area contributed by atoms with E-state index in [1.54, 1.807) is 7.11 Å². The van der Waals surface area contributed by atoms with Gasteiger partial charge in [0.25, 0.3) is 0 Å². The van der Waals surface area contributed by atoms with Gasteiger partial charge < -0.3 is 10.1 Å². The SMILES string of the molecule is COCCC(C)N=C(NN)NC(C)C. The summed E-state index contributed by atoms with van der Waals surface area (Å²) >= 11 is 0. The molecule has 0 saturated heterocycles. The highest BCUT2D eigenvalue weighted by molar-refractivity contribution is 5.79. The largest absolute Gasteiger partial charge is 0.385 e. The van der Waals surface area contributed by atoms with E-state index < -0.39 is 0 Å². The number of aliphatic imine (C=N–C) groups is 1. The van der Waals surface area contributed by atoms with Gasteiger partial charge in [-0.05, 0) is 27.2 Å². The number of nitrogens with one attached hydrogen (secondary N) is 2. The molecule has 0 aliphatic rings. The molecule has 5 nitrogen and oxygen atoms in total. The molecule has 0 aliphatic carbocycles. The van der Waals surface area contributed by atoms with Crippen LogP contribution in [0.2, 0.25) is 0 Å². The Bertz CT molecular complexity index is 170. The Kier molecular flexibility index (Phi) is 7.14. The molecule has 0 radical (unpaired) electrons. The predicted molar refractivity (Wildman–Crippen MR) is 59.0 cm³/mol. The number of hydrazine groups is 1. The zero-order chi connectivity index (χ0) is 11.0. The molecular weight excluding hydrogens is 180 g/mol. The van der Waals surface area contributed by atoms with E-state index in [9.17, 15) is 0 Å². The van der Waals surface area contributed by atoms with Crippen LogP contribution in [0.4, 0.5) is 0 Å². The van der Waals surface area contributed by atoms with Gasteiger partial charge in [-0.15, -0.1) is 0 Å². The molecule has 1 atom stereocenters. The van der Waals surface area contributed by atoms with Gasteiger partial charge in [0.15, 0.2) is 0 Å². The number of rotatable bonds is 5. The Morgan fingerprint density at radius 3 is 2.50 bits per heavy atom. The van der Waals surface area contributed by atoms with Crippen LogP contribution in [0.25, 0.3) is 0 Å². The third-order valence-electron chi connectivity index (χ3n) is 1.65. The molecule has 5 heteroatoms. The molecule has 0 spiro atoms. The van der Waals surface area contributed by atoms with Crippen molar-refractivity contribution in [2.75, 3.05) is 13.7 Å². The summed E-state index contributed by atoms with van der Waals surface area (Å²) in [6, 6.07) is 0.520. The molecule has 0 fully saturated rings. The first kappa shape index (κ1) is 13.2. The van der Waals surface area contributed by atoms with Crippen LogP contribution < -0.4 is 16.6 Å². The summed E-state index contributed by atoms with van der Waals surface area (Å²) < 4.78 is 4.97. The zero-order valence-electron chi connectivity index (χ0n) is 9.50. The summed E-state index contributed by atoms with van der Waals surface area (Å²) in [7, 11) is 1.69. The zero-order valence-corrected chi connectivity index (χ0v) is 9.50. The van der Waals surface area contributed by atoms with Crippen molar-refractivity contribution in [2.24, 2.45) is 10.8 Å². The minimum Gasteiger partial charge on any atom is -0.385 e. The van der Waals surface area contributed by atoms with E-state index in [4.69, 9.17) is 10.6 Å². The lowest BCUT2D eigenvalue weighted by molar-refractivity contribution is 0.190. The molecule has 1 unspecified atom stereocenters. The number of nitrogens with two attached hydrogens (primary N) is 1. The Hall–Kier alpha value is -0.810. The maximum absolute atomic E-state index is 5.32. The lowest BCUT2D eigenvalue weighted by Gasteiger charge is -2.14. The van der Waals surface area contributed by atoms with E-state index >= 15 is 0 Å². The van der Waals surface area contributed by atoms with Crippen LogP contribution in [-0.4, -0.2) is 31.8 Å². The molecule has 0 heterocycles. The third kappa shape index (κ3) is 6.68. The molecule has 0 aliphatic heterocycles. The minimum absolute atomic E-state index is 0.201. The highest BCUT2D eigenvalue weighted by Crippen LogP contribution is 1.96. The van der Waals surface area contributed by atoms with Gasteiger partial charge in [0.1, 0.15) is 0 Å². The number of ether oxygens (including phenoxy) is 1. The van der Waals surface area contributed by atoms with Crippen molar-refractivity contribution in [3.63, 3.8) is 0 Å². The number of hydrogen-bond donors (Lipinski definition) is 3. The summed E-state index contributed by atoms with van der Waals surface area (Å²) in [6.07, 6.45) is 0.890.